The lowest BCUT2D eigenvalue weighted by Gasteiger charge is -2.13. The lowest BCUT2D eigenvalue weighted by atomic mass is 10.0. The van der Waals surface area contributed by atoms with Gasteiger partial charge in [0.25, 0.3) is 11.8 Å². The van der Waals surface area contributed by atoms with Gasteiger partial charge >= 0.3 is 0 Å². The van der Waals surface area contributed by atoms with Crippen molar-refractivity contribution < 1.29 is 13.8 Å². The molecule has 0 fully saturated rings. The maximum Gasteiger partial charge on any atom is 0.290 e. The predicted molar refractivity (Wildman–Crippen MR) is 84.2 cm³/mol. The molecule has 1 aliphatic carbocycles. The lowest BCUT2D eigenvalue weighted by molar-refractivity contribution is 0.0898. The summed E-state index contributed by atoms with van der Waals surface area (Å²) >= 11 is 0. The Kier molecular flexibility index (Phi) is 3.41. The minimum Gasteiger partial charge on any atom is -0.351 e. The molecule has 0 unspecified atom stereocenters. The van der Waals surface area contributed by atoms with E-state index < -0.39 is 0 Å². The van der Waals surface area contributed by atoms with Crippen molar-refractivity contribution in [3.05, 3.63) is 52.7 Å². The third-order valence-electron chi connectivity index (χ3n) is 4.26. The zero-order chi connectivity index (χ0) is 16.7. The third kappa shape index (κ3) is 2.47. The summed E-state index contributed by atoms with van der Waals surface area (Å²) in [6.07, 6.45) is 3.27. The highest BCUT2D eigenvalue weighted by Gasteiger charge is 2.26. The van der Waals surface area contributed by atoms with E-state index in [0.29, 0.717) is 11.7 Å². The highest BCUT2D eigenvalue weighted by atomic mass is 16.5. The van der Waals surface area contributed by atoms with Crippen molar-refractivity contribution >= 4 is 5.91 Å². The average molecular weight is 324 g/mol. The minimum atomic E-state index is -0.237. The molecule has 0 saturated heterocycles. The van der Waals surface area contributed by atoms with Crippen molar-refractivity contribution in [3.8, 4) is 11.5 Å². The summed E-state index contributed by atoms with van der Waals surface area (Å²) < 4.78 is 10.2. The molecular weight excluding hydrogens is 308 g/mol. The minimum absolute atomic E-state index is 0.0320. The smallest absolute Gasteiger partial charge is 0.290 e. The van der Waals surface area contributed by atoms with Gasteiger partial charge in [-0.15, -0.1) is 0 Å². The summed E-state index contributed by atoms with van der Waals surface area (Å²) in [5.74, 6) is 1.15. The molecule has 2 aromatic heterocycles. The average Bonchev–Trinajstić information content (AvgIpc) is 3.27. The van der Waals surface area contributed by atoms with Crippen molar-refractivity contribution in [1.29, 1.82) is 0 Å². The van der Waals surface area contributed by atoms with Crippen molar-refractivity contribution in [3.63, 3.8) is 0 Å². The first-order valence-corrected chi connectivity index (χ1v) is 7.77. The van der Waals surface area contributed by atoms with E-state index in [1.165, 1.54) is 11.8 Å². The van der Waals surface area contributed by atoms with Gasteiger partial charge in [0, 0.05) is 11.1 Å². The summed E-state index contributed by atoms with van der Waals surface area (Å²) in [6, 6.07) is 5.97. The number of amides is 1. The number of rotatable bonds is 3. The molecule has 1 N–H and O–H groups in total. The molecule has 0 saturated carbocycles. The van der Waals surface area contributed by atoms with Gasteiger partial charge in [0.1, 0.15) is 0 Å². The summed E-state index contributed by atoms with van der Waals surface area (Å²) in [7, 11) is 0. The number of carbonyl (C=O) groups is 1. The van der Waals surface area contributed by atoms with Gasteiger partial charge in [0.2, 0.25) is 5.76 Å². The first-order chi connectivity index (χ1) is 11.6. The van der Waals surface area contributed by atoms with E-state index in [2.05, 4.69) is 20.6 Å². The third-order valence-corrected chi connectivity index (χ3v) is 4.26. The summed E-state index contributed by atoms with van der Waals surface area (Å²) in [5.41, 5.74) is 3.92. The highest BCUT2D eigenvalue weighted by Crippen LogP contribution is 2.34. The largest absolute Gasteiger partial charge is 0.351 e. The molecular formula is C17H16N4O3. The second-order valence-corrected chi connectivity index (χ2v) is 5.96. The van der Waals surface area contributed by atoms with E-state index >= 15 is 0 Å². The second kappa shape index (κ2) is 5.59. The van der Waals surface area contributed by atoms with Gasteiger partial charge < -0.3 is 14.4 Å². The zero-order valence-electron chi connectivity index (χ0n) is 13.4. The normalized spacial score (nSPS) is 16.2. The van der Waals surface area contributed by atoms with Crippen LogP contribution in [0.3, 0.4) is 0 Å². The number of hydrogen-bond acceptors (Lipinski definition) is 6. The molecule has 7 nitrogen and oxygen atoms in total. The quantitative estimate of drug-likeness (QED) is 0.796. The van der Waals surface area contributed by atoms with Gasteiger partial charge in [0.05, 0.1) is 12.2 Å². The Morgan fingerprint density at radius 2 is 2.17 bits per heavy atom. The van der Waals surface area contributed by atoms with E-state index in [9.17, 15) is 4.79 Å². The first-order valence-electron chi connectivity index (χ1n) is 7.77. The number of aryl methyl sites for hydroxylation is 3. The van der Waals surface area contributed by atoms with Crippen LogP contribution in [0.1, 0.15) is 45.5 Å². The Balaban J connectivity index is 1.56. The maximum atomic E-state index is 12.3. The predicted octanol–water partition coefficient (Wildman–Crippen LogP) is 2.76. The molecule has 2 heterocycles. The van der Waals surface area contributed by atoms with E-state index in [-0.39, 0.29) is 17.7 Å². The van der Waals surface area contributed by atoms with Gasteiger partial charge in [0.15, 0.2) is 5.82 Å². The maximum absolute atomic E-state index is 12.3. The molecule has 4 rings (SSSR count). The van der Waals surface area contributed by atoms with Crippen LogP contribution in [0.4, 0.5) is 0 Å². The number of nitrogens with zero attached hydrogens (tertiary/aromatic N) is 3. The van der Waals surface area contributed by atoms with Gasteiger partial charge in [-0.2, -0.15) is 4.98 Å². The van der Waals surface area contributed by atoms with Crippen molar-refractivity contribution in [2.75, 3.05) is 0 Å². The molecule has 1 atom stereocenters. The lowest BCUT2D eigenvalue weighted by Crippen LogP contribution is -2.27. The van der Waals surface area contributed by atoms with Crippen molar-refractivity contribution in [1.82, 2.24) is 20.6 Å². The van der Waals surface area contributed by atoms with Crippen molar-refractivity contribution in [2.45, 2.75) is 32.7 Å². The Morgan fingerprint density at radius 1 is 1.29 bits per heavy atom. The highest BCUT2D eigenvalue weighted by molar-refractivity contribution is 5.93. The molecule has 7 heteroatoms. The number of aromatic nitrogens is 3. The monoisotopic (exact) mass is 324 g/mol. The SMILES string of the molecule is Cc1noc(-c2ccc3c(c2)CC[C@H]3NC(=O)c2oncc2C)n1. The number of fused-ring (bicyclic) bond motifs is 1. The number of carbonyl (C=O) groups excluding carboxylic acids is 1. The Hall–Kier alpha value is -2.96. The standard InChI is InChI=1S/C17H16N4O3/c1-9-8-18-23-15(9)16(22)20-14-6-4-11-7-12(3-5-13(11)14)17-19-10(2)21-24-17/h3,5,7-8,14H,4,6H2,1-2H3,(H,20,22)/t14-/m1/s1. The molecule has 3 aromatic rings. The van der Waals surface area contributed by atoms with Crippen LogP contribution in [0.25, 0.3) is 11.5 Å². The molecule has 0 bridgehead atoms. The fourth-order valence-corrected chi connectivity index (χ4v) is 3.05. The Labute approximate surface area is 138 Å². The number of hydrogen-bond donors (Lipinski definition) is 1. The van der Waals surface area contributed by atoms with Gasteiger partial charge in [-0.3, -0.25) is 4.79 Å². The molecule has 0 spiro atoms. The van der Waals surface area contributed by atoms with Crippen LogP contribution in [-0.4, -0.2) is 21.2 Å². The Bertz CT molecular complexity index is 912. The van der Waals surface area contributed by atoms with Crippen LogP contribution < -0.4 is 5.32 Å². The first kappa shape index (κ1) is 14.6. The molecule has 1 aromatic carbocycles. The van der Waals surface area contributed by atoms with Gasteiger partial charge in [-0.25, -0.2) is 0 Å². The molecule has 0 aliphatic heterocycles. The molecule has 1 aliphatic rings. The van der Waals surface area contributed by atoms with Crippen LogP contribution in [0.15, 0.2) is 33.4 Å². The second-order valence-electron chi connectivity index (χ2n) is 5.96. The van der Waals surface area contributed by atoms with Crippen LogP contribution in [0, 0.1) is 13.8 Å². The fraction of sp³-hybridized carbons (Fsp3) is 0.294. The zero-order valence-corrected chi connectivity index (χ0v) is 13.4. The molecule has 24 heavy (non-hydrogen) atoms. The van der Waals surface area contributed by atoms with Crippen molar-refractivity contribution in [2.24, 2.45) is 0 Å². The summed E-state index contributed by atoms with van der Waals surface area (Å²) in [6.45, 7) is 3.59. The van der Waals surface area contributed by atoms with E-state index in [1.807, 2.05) is 18.2 Å². The molecule has 122 valence electrons. The number of benzene rings is 1. The van der Waals surface area contributed by atoms with Crippen LogP contribution in [0.2, 0.25) is 0 Å². The van der Waals surface area contributed by atoms with Crippen LogP contribution >= 0.6 is 0 Å². The van der Waals surface area contributed by atoms with Crippen LogP contribution in [0.5, 0.6) is 0 Å². The fourth-order valence-electron chi connectivity index (χ4n) is 3.05. The van der Waals surface area contributed by atoms with E-state index in [0.717, 1.165) is 29.5 Å². The molecule has 1 amide bonds. The van der Waals surface area contributed by atoms with Crippen LogP contribution in [-0.2, 0) is 6.42 Å². The number of nitrogens with one attached hydrogen (secondary N) is 1. The van der Waals surface area contributed by atoms with Gasteiger partial charge in [-0.05, 0) is 49.9 Å². The van der Waals surface area contributed by atoms with Gasteiger partial charge in [-0.1, -0.05) is 16.4 Å². The van der Waals surface area contributed by atoms with E-state index in [1.54, 1.807) is 13.8 Å². The molecule has 0 radical (unpaired) electrons. The Morgan fingerprint density at radius 3 is 2.88 bits per heavy atom. The van der Waals surface area contributed by atoms with E-state index in [4.69, 9.17) is 9.05 Å². The summed E-state index contributed by atoms with van der Waals surface area (Å²) in [5, 5.41) is 10.5. The topological polar surface area (TPSA) is 94.1 Å². The summed E-state index contributed by atoms with van der Waals surface area (Å²) in [4.78, 5) is 16.6.